The molecule has 1 aromatic carbocycles. The number of esters is 2. The van der Waals surface area contributed by atoms with Crippen LogP contribution in [0.1, 0.15) is 32.3 Å². The predicted molar refractivity (Wildman–Crippen MR) is 81.1 cm³/mol. The third-order valence-corrected chi connectivity index (χ3v) is 3.67. The molecule has 1 aromatic rings. The van der Waals surface area contributed by atoms with Gasteiger partial charge in [0.05, 0.1) is 13.7 Å². The first-order valence-corrected chi connectivity index (χ1v) is 7.25. The summed E-state index contributed by atoms with van der Waals surface area (Å²) >= 11 is 0. The number of ether oxygens (including phenoxy) is 2. The monoisotopic (exact) mass is 306 g/mol. The maximum atomic E-state index is 12.4. The van der Waals surface area contributed by atoms with Gasteiger partial charge in [-0.05, 0) is 32.3 Å². The Hall–Kier alpha value is -2.17. The molecule has 0 saturated heterocycles. The van der Waals surface area contributed by atoms with Crippen LogP contribution in [0.4, 0.5) is 0 Å². The summed E-state index contributed by atoms with van der Waals surface area (Å²) in [7, 11) is 1.28. The molecule has 1 unspecified atom stereocenters. The van der Waals surface area contributed by atoms with Crippen LogP contribution in [0.25, 0.3) is 0 Å². The Balaban J connectivity index is 3.11. The molecule has 0 aliphatic carbocycles. The highest BCUT2D eigenvalue weighted by Crippen LogP contribution is 2.32. The lowest BCUT2D eigenvalue weighted by Crippen LogP contribution is -2.42. The third kappa shape index (κ3) is 4.41. The Labute approximate surface area is 130 Å². The number of carbonyl (C=O) groups excluding carboxylic acids is 3. The summed E-state index contributed by atoms with van der Waals surface area (Å²) in [5.74, 6) is -1.35. The van der Waals surface area contributed by atoms with Gasteiger partial charge in [0, 0.05) is 6.42 Å². The molecule has 0 aliphatic heterocycles. The Morgan fingerprint density at radius 3 is 2.27 bits per heavy atom. The SMILES string of the molecule is CCOC(=O)C(CCC(=O)OC)(Cc1ccccc1)C(C)=O. The minimum atomic E-state index is -1.36. The number of hydrogen-bond acceptors (Lipinski definition) is 5. The van der Waals surface area contributed by atoms with Gasteiger partial charge >= 0.3 is 11.9 Å². The number of methoxy groups -OCH3 is 1. The maximum absolute atomic E-state index is 12.4. The summed E-state index contributed by atoms with van der Waals surface area (Å²) in [5.41, 5.74) is -0.512. The Morgan fingerprint density at radius 1 is 1.14 bits per heavy atom. The summed E-state index contributed by atoms with van der Waals surface area (Å²) in [6, 6.07) is 9.22. The van der Waals surface area contributed by atoms with Crippen molar-refractivity contribution in [3.63, 3.8) is 0 Å². The largest absolute Gasteiger partial charge is 0.469 e. The summed E-state index contributed by atoms with van der Waals surface area (Å²) in [6.45, 7) is 3.23. The molecule has 1 rings (SSSR count). The van der Waals surface area contributed by atoms with Crippen molar-refractivity contribution in [3.05, 3.63) is 35.9 Å². The van der Waals surface area contributed by atoms with Crippen LogP contribution in [0, 0.1) is 5.41 Å². The van der Waals surface area contributed by atoms with Gasteiger partial charge in [0.15, 0.2) is 0 Å². The van der Waals surface area contributed by atoms with E-state index in [0.717, 1.165) is 5.56 Å². The van der Waals surface area contributed by atoms with Gasteiger partial charge in [-0.15, -0.1) is 0 Å². The van der Waals surface area contributed by atoms with E-state index in [0.29, 0.717) is 0 Å². The van der Waals surface area contributed by atoms with Crippen molar-refractivity contribution in [1.82, 2.24) is 0 Å². The molecule has 0 fully saturated rings. The second-order valence-corrected chi connectivity index (χ2v) is 5.10. The highest BCUT2D eigenvalue weighted by molar-refractivity contribution is 6.03. The summed E-state index contributed by atoms with van der Waals surface area (Å²) < 4.78 is 9.71. The van der Waals surface area contributed by atoms with Gasteiger partial charge in [-0.1, -0.05) is 30.3 Å². The van der Waals surface area contributed by atoms with E-state index in [9.17, 15) is 14.4 Å². The van der Waals surface area contributed by atoms with Crippen LogP contribution < -0.4 is 0 Å². The average molecular weight is 306 g/mol. The number of benzene rings is 1. The van der Waals surface area contributed by atoms with Crippen LogP contribution in [-0.4, -0.2) is 31.4 Å². The van der Waals surface area contributed by atoms with Crippen LogP contribution in [0.3, 0.4) is 0 Å². The first kappa shape index (κ1) is 17.9. The molecule has 0 aromatic heterocycles. The second-order valence-electron chi connectivity index (χ2n) is 5.10. The first-order chi connectivity index (χ1) is 10.5. The van der Waals surface area contributed by atoms with Crippen LogP contribution >= 0.6 is 0 Å². The van der Waals surface area contributed by atoms with E-state index < -0.39 is 17.4 Å². The van der Waals surface area contributed by atoms with Crippen molar-refractivity contribution < 1.29 is 23.9 Å². The van der Waals surface area contributed by atoms with Gasteiger partial charge in [0.2, 0.25) is 0 Å². The summed E-state index contributed by atoms with van der Waals surface area (Å²) in [4.78, 5) is 36.1. The fourth-order valence-electron chi connectivity index (χ4n) is 2.34. The van der Waals surface area contributed by atoms with E-state index in [4.69, 9.17) is 4.74 Å². The average Bonchev–Trinajstić information content (AvgIpc) is 2.51. The van der Waals surface area contributed by atoms with E-state index >= 15 is 0 Å². The molecule has 120 valence electrons. The zero-order chi connectivity index (χ0) is 16.6. The lowest BCUT2D eigenvalue weighted by molar-refractivity contribution is -0.160. The molecular weight excluding hydrogens is 284 g/mol. The molecule has 0 aliphatic rings. The lowest BCUT2D eigenvalue weighted by atomic mass is 9.74. The molecule has 1 atom stereocenters. The standard InChI is InChI=1S/C17H22O5/c1-4-22-16(20)17(13(2)18,11-10-15(19)21-3)12-14-8-6-5-7-9-14/h5-9H,4,10-12H2,1-3H3. The van der Waals surface area contributed by atoms with Crippen molar-refractivity contribution in [1.29, 1.82) is 0 Å². The molecule has 5 nitrogen and oxygen atoms in total. The van der Waals surface area contributed by atoms with Crippen LogP contribution in [0.15, 0.2) is 30.3 Å². The van der Waals surface area contributed by atoms with Gasteiger partial charge in [-0.2, -0.15) is 0 Å². The molecule has 0 radical (unpaired) electrons. The zero-order valence-electron chi connectivity index (χ0n) is 13.3. The van der Waals surface area contributed by atoms with Crippen molar-refractivity contribution >= 4 is 17.7 Å². The van der Waals surface area contributed by atoms with Gasteiger partial charge in [-0.25, -0.2) is 0 Å². The fraction of sp³-hybridized carbons (Fsp3) is 0.471. The highest BCUT2D eigenvalue weighted by Gasteiger charge is 2.44. The minimum absolute atomic E-state index is 0.0122. The number of ketones is 1. The van der Waals surface area contributed by atoms with Gasteiger partial charge < -0.3 is 9.47 Å². The molecule has 0 saturated carbocycles. The number of rotatable bonds is 8. The van der Waals surface area contributed by atoms with Crippen molar-refractivity contribution in [2.24, 2.45) is 5.41 Å². The fourth-order valence-corrected chi connectivity index (χ4v) is 2.34. The van der Waals surface area contributed by atoms with E-state index in [1.807, 2.05) is 30.3 Å². The van der Waals surface area contributed by atoms with Crippen molar-refractivity contribution in [2.45, 2.75) is 33.1 Å². The maximum Gasteiger partial charge on any atom is 0.319 e. The molecule has 5 heteroatoms. The molecular formula is C17H22O5. The van der Waals surface area contributed by atoms with Gasteiger partial charge in [-0.3, -0.25) is 14.4 Å². The quantitative estimate of drug-likeness (QED) is 0.544. The lowest BCUT2D eigenvalue weighted by Gasteiger charge is -2.28. The molecule has 0 spiro atoms. The topological polar surface area (TPSA) is 69.7 Å². The van der Waals surface area contributed by atoms with Gasteiger partial charge in [0.25, 0.3) is 0 Å². The van der Waals surface area contributed by atoms with Crippen LogP contribution in [0.2, 0.25) is 0 Å². The van der Waals surface area contributed by atoms with Crippen molar-refractivity contribution in [2.75, 3.05) is 13.7 Å². The summed E-state index contributed by atoms with van der Waals surface area (Å²) in [6.07, 6.45) is 0.267. The molecule has 0 amide bonds. The number of Topliss-reactive ketones (excluding diaryl/α,β-unsaturated/α-hetero) is 1. The first-order valence-electron chi connectivity index (χ1n) is 7.25. The third-order valence-electron chi connectivity index (χ3n) is 3.67. The smallest absolute Gasteiger partial charge is 0.319 e. The van der Waals surface area contributed by atoms with Crippen molar-refractivity contribution in [3.8, 4) is 0 Å². The highest BCUT2D eigenvalue weighted by atomic mass is 16.5. The Kier molecular flexibility index (Phi) is 6.76. The summed E-state index contributed by atoms with van der Waals surface area (Å²) in [5, 5.41) is 0. The van der Waals surface area contributed by atoms with Gasteiger partial charge in [0.1, 0.15) is 11.2 Å². The van der Waals surface area contributed by atoms with E-state index in [1.165, 1.54) is 14.0 Å². The number of hydrogen-bond donors (Lipinski definition) is 0. The molecule has 0 N–H and O–H groups in total. The normalized spacial score (nSPS) is 13.0. The zero-order valence-corrected chi connectivity index (χ0v) is 13.3. The second kappa shape index (κ2) is 8.32. The van der Waals surface area contributed by atoms with E-state index in [-0.39, 0.29) is 31.7 Å². The molecule has 0 bridgehead atoms. The van der Waals surface area contributed by atoms with Crippen LogP contribution in [0.5, 0.6) is 0 Å². The molecule has 0 heterocycles. The predicted octanol–water partition coefficient (Wildman–Crippen LogP) is 2.32. The Bertz CT molecular complexity index is 523. The molecule has 22 heavy (non-hydrogen) atoms. The van der Waals surface area contributed by atoms with Crippen LogP contribution in [-0.2, 0) is 30.3 Å². The van der Waals surface area contributed by atoms with E-state index in [2.05, 4.69) is 4.74 Å². The Morgan fingerprint density at radius 2 is 1.77 bits per heavy atom. The minimum Gasteiger partial charge on any atom is -0.469 e. The number of carbonyl (C=O) groups is 3. The van der Waals surface area contributed by atoms with E-state index in [1.54, 1.807) is 6.92 Å².